The van der Waals surface area contributed by atoms with Crippen molar-refractivity contribution in [2.45, 2.75) is 30.9 Å². The lowest BCUT2D eigenvalue weighted by Crippen LogP contribution is -2.70. The van der Waals surface area contributed by atoms with Crippen molar-refractivity contribution in [3.05, 3.63) is 45.0 Å². The molecule has 1 unspecified atom stereocenters. The van der Waals surface area contributed by atoms with Gasteiger partial charge in [0.15, 0.2) is 28.0 Å². The molecule has 19 nitrogen and oxygen atoms in total. The minimum absolute atomic E-state index is 0.0170. The number of hydrogen-bond donors (Lipinski definition) is 7. The van der Waals surface area contributed by atoms with Crippen LogP contribution in [-0.4, -0.2) is 105 Å². The van der Waals surface area contributed by atoms with Crippen LogP contribution < -0.4 is 16.4 Å². The van der Waals surface area contributed by atoms with Gasteiger partial charge in [0, 0.05) is 35.4 Å². The predicted octanol–water partition coefficient (Wildman–Crippen LogP) is 1.16. The first kappa shape index (κ1) is 34.1. The zero-order chi connectivity index (χ0) is 35.1. The van der Waals surface area contributed by atoms with Crippen molar-refractivity contribution < 1.29 is 54.0 Å². The number of halogens is 1. The van der Waals surface area contributed by atoms with Crippen LogP contribution in [0.3, 0.4) is 0 Å². The fraction of sp³-hybridized carbons (Fsp3) is 0.269. The number of amides is 3. The molecule has 22 heteroatoms. The number of thiazole rings is 1. The number of phenolic OH excluding ortho intramolecular Hbond substituents is 2. The summed E-state index contributed by atoms with van der Waals surface area (Å²) in [5, 5.41) is 47.6. The van der Waals surface area contributed by atoms with E-state index in [1.807, 2.05) is 0 Å². The molecule has 2 aliphatic heterocycles. The predicted molar refractivity (Wildman–Crippen MR) is 170 cm³/mol. The first-order valence-electron chi connectivity index (χ1n) is 13.3. The van der Waals surface area contributed by atoms with Crippen LogP contribution in [0.1, 0.15) is 30.0 Å². The number of hydrogen-bond acceptors (Lipinski definition) is 16. The number of carboxylic acids is 1. The molecule has 0 bridgehead atoms. The summed E-state index contributed by atoms with van der Waals surface area (Å²) in [6, 6.07) is 1.09. The number of nitrogens with zero attached hydrogens (tertiary/aromatic N) is 5. The molecule has 2 aliphatic rings. The Morgan fingerprint density at radius 2 is 1.81 bits per heavy atom. The molecule has 3 amide bonds. The highest BCUT2D eigenvalue weighted by molar-refractivity contribution is 9.10. The fourth-order valence-corrected chi connectivity index (χ4v) is 6.55. The van der Waals surface area contributed by atoms with E-state index in [1.54, 1.807) is 0 Å². The Labute approximate surface area is 284 Å². The third-order valence-electron chi connectivity index (χ3n) is 6.72. The van der Waals surface area contributed by atoms with E-state index >= 15 is 0 Å². The van der Waals surface area contributed by atoms with Gasteiger partial charge in [0.25, 0.3) is 17.7 Å². The van der Waals surface area contributed by atoms with E-state index in [9.17, 15) is 44.4 Å². The molecule has 8 N–H and O–H groups in total. The van der Waals surface area contributed by atoms with Gasteiger partial charge in [-0.15, -0.1) is 23.1 Å². The Kier molecular flexibility index (Phi) is 9.33. The monoisotopic (exact) mass is 766 g/mol. The Morgan fingerprint density at radius 1 is 1.15 bits per heavy atom. The second-order valence-electron chi connectivity index (χ2n) is 10.4. The van der Waals surface area contributed by atoms with Gasteiger partial charge in [-0.2, -0.15) is 0 Å². The molecule has 3 aromatic rings. The van der Waals surface area contributed by atoms with Crippen LogP contribution in [0.25, 0.3) is 11.0 Å². The number of phenols is 2. The molecule has 0 saturated carbocycles. The maximum atomic E-state index is 13.3. The van der Waals surface area contributed by atoms with Crippen LogP contribution in [0.4, 0.5) is 9.93 Å². The van der Waals surface area contributed by atoms with Crippen molar-refractivity contribution >= 4 is 90.8 Å². The lowest BCUT2D eigenvalue weighted by Gasteiger charge is -2.49. The molecule has 48 heavy (non-hydrogen) atoms. The van der Waals surface area contributed by atoms with E-state index in [0.29, 0.717) is 0 Å². The van der Waals surface area contributed by atoms with E-state index < -0.39 is 64.1 Å². The molecular weight excluding hydrogens is 744 g/mol. The highest BCUT2D eigenvalue weighted by atomic mass is 79.9. The molecule has 0 aliphatic carbocycles. The molecule has 1 fully saturated rings. The second-order valence-corrected chi connectivity index (χ2v) is 13.2. The maximum Gasteiger partial charge on any atom is 0.512 e. The van der Waals surface area contributed by atoms with Gasteiger partial charge < -0.3 is 46.4 Å². The zero-order valence-corrected chi connectivity index (χ0v) is 27.7. The number of aromatic hydroxyl groups is 2. The Balaban J connectivity index is 1.33. The van der Waals surface area contributed by atoms with Crippen molar-refractivity contribution in [2.75, 3.05) is 18.0 Å². The number of ether oxygens (including phenoxy) is 1. The third-order valence-corrected chi connectivity index (χ3v) is 9.28. The molecule has 2 aromatic heterocycles. The number of nitrogens with one attached hydrogen (secondary N) is 2. The number of β-lactam (4-membered cyclic amide) rings is 1. The van der Waals surface area contributed by atoms with Crippen LogP contribution in [0, 0.1) is 0 Å². The van der Waals surface area contributed by atoms with Crippen molar-refractivity contribution in [3.8, 4) is 11.5 Å². The first-order valence-corrected chi connectivity index (χ1v) is 16.1. The minimum atomic E-state index is -1.82. The van der Waals surface area contributed by atoms with Crippen molar-refractivity contribution in [2.24, 2.45) is 5.16 Å². The van der Waals surface area contributed by atoms with E-state index in [2.05, 4.69) is 46.7 Å². The Morgan fingerprint density at radius 3 is 2.42 bits per heavy atom. The number of rotatable bonds is 10. The van der Waals surface area contributed by atoms with Gasteiger partial charge in [-0.1, -0.05) is 5.16 Å². The van der Waals surface area contributed by atoms with Crippen LogP contribution in [-0.2, 0) is 24.0 Å². The topological polar surface area (TPSA) is 289 Å². The minimum Gasteiger partial charge on any atom is -0.504 e. The van der Waals surface area contributed by atoms with Gasteiger partial charge in [0.2, 0.25) is 11.5 Å². The van der Waals surface area contributed by atoms with Crippen LogP contribution in [0.15, 0.2) is 38.7 Å². The number of nitrogens with two attached hydrogens (primary N) is 1. The molecular formula is C26H23BrN8O11S2. The lowest BCUT2D eigenvalue weighted by molar-refractivity contribution is -0.161. The number of carbonyl (C=O) groups excluding carboxylic acids is 3. The van der Waals surface area contributed by atoms with Gasteiger partial charge in [0.05, 0.1) is 11.0 Å². The Bertz CT molecular complexity index is 1950. The average Bonchev–Trinajstić information content (AvgIpc) is 3.44. The van der Waals surface area contributed by atoms with Gasteiger partial charge in [-0.05, 0) is 29.8 Å². The van der Waals surface area contributed by atoms with Gasteiger partial charge in [-0.3, -0.25) is 19.3 Å². The summed E-state index contributed by atoms with van der Waals surface area (Å²) in [7, 11) is 0. The van der Waals surface area contributed by atoms with E-state index in [-0.39, 0.29) is 55.9 Å². The average molecular weight is 768 g/mol. The zero-order valence-electron chi connectivity index (χ0n) is 24.5. The van der Waals surface area contributed by atoms with Gasteiger partial charge in [-0.25, -0.2) is 24.5 Å². The highest BCUT2D eigenvalue weighted by Gasteiger charge is 2.54. The normalized spacial score (nSPS) is 17.8. The molecule has 1 aromatic carbocycles. The lowest BCUT2D eigenvalue weighted by atomic mass is 10.1. The third kappa shape index (κ3) is 6.75. The van der Waals surface area contributed by atoms with Crippen molar-refractivity contribution in [3.63, 3.8) is 0 Å². The number of benzene rings is 1. The van der Waals surface area contributed by atoms with Crippen LogP contribution >= 0.6 is 39.0 Å². The molecule has 5 rings (SSSR count). The largest absolute Gasteiger partial charge is 0.512 e. The molecule has 0 spiro atoms. The number of fused-ring (bicyclic) bond motifs is 2. The number of anilines is 1. The van der Waals surface area contributed by atoms with Gasteiger partial charge in [0.1, 0.15) is 21.7 Å². The number of aliphatic carboxylic acids is 1. The van der Waals surface area contributed by atoms with E-state index in [4.69, 9.17) is 15.3 Å². The number of thioether (sulfide) groups is 1. The van der Waals surface area contributed by atoms with Crippen LogP contribution in [0.5, 0.6) is 11.5 Å². The van der Waals surface area contributed by atoms with Crippen molar-refractivity contribution in [1.82, 2.24) is 30.5 Å². The summed E-state index contributed by atoms with van der Waals surface area (Å²) in [6.07, 6.45) is -1.74. The first-order chi connectivity index (χ1) is 22.6. The van der Waals surface area contributed by atoms with Crippen molar-refractivity contribution in [1.29, 1.82) is 0 Å². The van der Waals surface area contributed by atoms with Gasteiger partial charge >= 0.3 is 12.1 Å². The quantitative estimate of drug-likeness (QED) is 0.0501. The van der Waals surface area contributed by atoms with E-state index in [0.717, 1.165) is 40.1 Å². The summed E-state index contributed by atoms with van der Waals surface area (Å²) < 4.78 is 4.95. The molecule has 252 valence electrons. The highest BCUT2D eigenvalue weighted by Crippen LogP contribution is 2.40. The molecule has 4 heterocycles. The standard InChI is InChI=1S/C26H23BrN8O11S2/c1-26(2,23(41)42)46-34-14(11-7-48-24(28)32-11)19(39)33-16-20(40)35-21(45-25(43)44)8(6-47-22(16)35)5-29-18(38)15-17(27)31-10-4-13(37)12(36)3-9(10)30-15/h3-4,7,16,22,36-37H,5-6H2,1-2H3,(H2,28,32)(H,29,38)(H,33,39)(H,41,42)(H,43,44)/b34-14-/t16?,22-/m0/s1. The molecule has 2 atom stereocenters. The second kappa shape index (κ2) is 13.1. The van der Waals surface area contributed by atoms with E-state index in [1.165, 1.54) is 19.2 Å². The summed E-state index contributed by atoms with van der Waals surface area (Å²) in [4.78, 5) is 81.0. The van der Waals surface area contributed by atoms with Crippen LogP contribution in [0.2, 0.25) is 0 Å². The SMILES string of the molecule is CC(C)(O/N=C(\C(=O)NC1C(=O)N2C(OC(=O)O)=C(CNC(=O)c3nc4cc(O)c(O)cc4nc3Br)CS[C@@H]12)c1csc(N)n1)C(=O)O. The number of oxime groups is 1. The smallest absolute Gasteiger partial charge is 0.504 e. The molecule has 0 radical (unpaired) electrons. The number of nitrogen functional groups attached to an aromatic ring is 1. The summed E-state index contributed by atoms with van der Waals surface area (Å²) >= 11 is 5.26. The summed E-state index contributed by atoms with van der Waals surface area (Å²) in [5.41, 5.74) is 3.68. The number of carbonyl (C=O) groups is 5. The summed E-state index contributed by atoms with van der Waals surface area (Å²) in [5.74, 6) is -5.03. The Hall–Kier alpha value is -5.22. The maximum absolute atomic E-state index is 13.3. The number of aromatic nitrogens is 3. The number of carboxylic acid groups (broad SMARTS) is 2. The molecule has 1 saturated heterocycles. The fourth-order valence-electron chi connectivity index (χ4n) is 4.22. The summed E-state index contributed by atoms with van der Waals surface area (Å²) in [6.45, 7) is 2.13.